The van der Waals surface area contributed by atoms with E-state index in [1.165, 1.54) is 6.42 Å². The van der Waals surface area contributed by atoms with E-state index in [1.807, 2.05) is 25.1 Å². The first-order valence-corrected chi connectivity index (χ1v) is 6.39. The van der Waals surface area contributed by atoms with E-state index in [4.69, 9.17) is 4.74 Å². The second-order valence-corrected chi connectivity index (χ2v) is 4.79. The molecule has 1 aliphatic heterocycles. The van der Waals surface area contributed by atoms with Crippen LogP contribution < -0.4 is 10.1 Å². The van der Waals surface area contributed by atoms with Gasteiger partial charge in [-0.1, -0.05) is 12.1 Å². The number of likely N-dealkylation sites (tertiary alicyclic amines) is 1. The van der Waals surface area contributed by atoms with E-state index in [-0.39, 0.29) is 0 Å². The molecule has 1 fully saturated rings. The predicted octanol–water partition coefficient (Wildman–Crippen LogP) is 2.59. The monoisotopic (exact) mass is 234 g/mol. The van der Waals surface area contributed by atoms with E-state index in [9.17, 15) is 0 Å². The van der Waals surface area contributed by atoms with Crippen LogP contribution in [0.2, 0.25) is 0 Å². The van der Waals surface area contributed by atoms with Crippen LogP contribution in [0.1, 0.15) is 20.3 Å². The molecule has 1 aromatic rings. The Bertz CT molecular complexity index is 357. The Labute approximate surface area is 104 Å². The Balaban J connectivity index is 2.03. The third kappa shape index (κ3) is 2.91. The highest BCUT2D eigenvalue weighted by molar-refractivity contribution is 5.56. The Kier molecular flexibility index (Phi) is 3.89. The van der Waals surface area contributed by atoms with Gasteiger partial charge in [0.15, 0.2) is 0 Å². The van der Waals surface area contributed by atoms with Crippen molar-refractivity contribution in [1.29, 1.82) is 0 Å². The number of benzene rings is 1. The fourth-order valence-corrected chi connectivity index (χ4v) is 2.39. The molecule has 17 heavy (non-hydrogen) atoms. The summed E-state index contributed by atoms with van der Waals surface area (Å²) in [5, 5.41) is 3.59. The van der Waals surface area contributed by atoms with E-state index >= 15 is 0 Å². The molecule has 2 unspecified atom stereocenters. The molecule has 3 heteroatoms. The maximum atomic E-state index is 5.62. The normalized spacial score (nSPS) is 24.9. The molecule has 1 aliphatic rings. The van der Waals surface area contributed by atoms with Crippen molar-refractivity contribution in [3.63, 3.8) is 0 Å². The Morgan fingerprint density at radius 1 is 1.41 bits per heavy atom. The van der Waals surface area contributed by atoms with E-state index in [0.29, 0.717) is 18.7 Å². The summed E-state index contributed by atoms with van der Waals surface area (Å²) >= 11 is 0. The van der Waals surface area contributed by atoms with E-state index in [1.54, 1.807) is 0 Å². The summed E-state index contributed by atoms with van der Waals surface area (Å²) in [7, 11) is 2.18. The zero-order valence-corrected chi connectivity index (χ0v) is 10.9. The minimum absolute atomic E-state index is 0.525. The van der Waals surface area contributed by atoms with Crippen LogP contribution in [-0.4, -0.2) is 37.2 Å². The molecule has 1 heterocycles. The van der Waals surface area contributed by atoms with Crippen molar-refractivity contribution in [2.75, 3.05) is 25.5 Å². The molecule has 0 aromatic heterocycles. The van der Waals surface area contributed by atoms with Crippen molar-refractivity contribution in [3.8, 4) is 5.75 Å². The van der Waals surface area contributed by atoms with Gasteiger partial charge >= 0.3 is 0 Å². The van der Waals surface area contributed by atoms with Crippen molar-refractivity contribution in [2.24, 2.45) is 0 Å². The lowest BCUT2D eigenvalue weighted by Crippen LogP contribution is -2.25. The molecule has 0 saturated carbocycles. The van der Waals surface area contributed by atoms with Gasteiger partial charge in [0.25, 0.3) is 0 Å². The summed E-state index contributed by atoms with van der Waals surface area (Å²) in [4.78, 5) is 2.39. The standard InChI is InChI=1S/C14H22N2O/c1-4-17-14-8-6-5-7-13(14)15-12-9-11(2)16(3)10-12/h5-8,11-12,15H,4,9-10H2,1-3H3. The summed E-state index contributed by atoms with van der Waals surface area (Å²) in [6, 6.07) is 9.36. The minimum Gasteiger partial charge on any atom is -0.492 e. The van der Waals surface area contributed by atoms with Gasteiger partial charge in [-0.05, 0) is 39.4 Å². The van der Waals surface area contributed by atoms with Gasteiger partial charge in [0.1, 0.15) is 5.75 Å². The number of nitrogens with one attached hydrogen (secondary N) is 1. The molecule has 2 rings (SSSR count). The third-order valence-electron chi connectivity index (χ3n) is 3.43. The first kappa shape index (κ1) is 12.2. The number of hydrogen-bond acceptors (Lipinski definition) is 3. The molecule has 94 valence electrons. The molecule has 0 bridgehead atoms. The zero-order valence-electron chi connectivity index (χ0n) is 10.9. The smallest absolute Gasteiger partial charge is 0.142 e. The number of ether oxygens (including phenoxy) is 1. The second-order valence-electron chi connectivity index (χ2n) is 4.79. The highest BCUT2D eigenvalue weighted by Gasteiger charge is 2.26. The Morgan fingerprint density at radius 2 is 2.18 bits per heavy atom. The fraction of sp³-hybridized carbons (Fsp3) is 0.571. The number of nitrogens with zero attached hydrogens (tertiary/aromatic N) is 1. The molecule has 1 N–H and O–H groups in total. The molecule has 3 nitrogen and oxygen atoms in total. The topological polar surface area (TPSA) is 24.5 Å². The van der Waals surface area contributed by atoms with E-state index in [0.717, 1.165) is 18.0 Å². The summed E-state index contributed by atoms with van der Waals surface area (Å²) in [5.41, 5.74) is 1.11. The summed E-state index contributed by atoms with van der Waals surface area (Å²) in [6.45, 7) is 6.10. The van der Waals surface area contributed by atoms with Gasteiger partial charge in [-0.15, -0.1) is 0 Å². The third-order valence-corrected chi connectivity index (χ3v) is 3.43. The van der Waals surface area contributed by atoms with Crippen LogP contribution in [0.15, 0.2) is 24.3 Å². The number of likely N-dealkylation sites (N-methyl/N-ethyl adjacent to an activating group) is 1. The van der Waals surface area contributed by atoms with Gasteiger partial charge in [-0.25, -0.2) is 0 Å². The quantitative estimate of drug-likeness (QED) is 0.866. The van der Waals surface area contributed by atoms with Gasteiger partial charge in [0.2, 0.25) is 0 Å². The fourth-order valence-electron chi connectivity index (χ4n) is 2.39. The lowest BCUT2D eigenvalue weighted by Gasteiger charge is -2.17. The van der Waals surface area contributed by atoms with Gasteiger partial charge < -0.3 is 15.0 Å². The molecule has 0 spiro atoms. The molecule has 1 saturated heterocycles. The first-order valence-electron chi connectivity index (χ1n) is 6.39. The number of para-hydroxylation sites is 2. The number of hydrogen-bond donors (Lipinski definition) is 1. The largest absolute Gasteiger partial charge is 0.492 e. The molecule has 0 aliphatic carbocycles. The Hall–Kier alpha value is -1.22. The van der Waals surface area contributed by atoms with Crippen molar-refractivity contribution in [3.05, 3.63) is 24.3 Å². The summed E-state index contributed by atoms with van der Waals surface area (Å²) in [6.07, 6.45) is 1.19. The van der Waals surface area contributed by atoms with Crippen LogP contribution in [0.5, 0.6) is 5.75 Å². The van der Waals surface area contributed by atoms with E-state index in [2.05, 4.69) is 30.3 Å². The minimum atomic E-state index is 0.525. The van der Waals surface area contributed by atoms with Gasteiger partial charge in [-0.3, -0.25) is 0 Å². The van der Waals surface area contributed by atoms with Crippen LogP contribution in [0.25, 0.3) is 0 Å². The molecule has 2 atom stereocenters. The number of anilines is 1. The molecule has 0 amide bonds. The molecular weight excluding hydrogens is 212 g/mol. The van der Waals surface area contributed by atoms with Crippen molar-refractivity contribution >= 4 is 5.69 Å². The SMILES string of the molecule is CCOc1ccccc1NC1CC(C)N(C)C1. The van der Waals surface area contributed by atoms with E-state index < -0.39 is 0 Å². The second kappa shape index (κ2) is 5.41. The lowest BCUT2D eigenvalue weighted by atomic mass is 10.2. The maximum Gasteiger partial charge on any atom is 0.142 e. The average Bonchev–Trinajstić information content (AvgIpc) is 2.61. The highest BCUT2D eigenvalue weighted by Crippen LogP contribution is 2.27. The maximum absolute atomic E-state index is 5.62. The first-order chi connectivity index (χ1) is 8.20. The summed E-state index contributed by atoms with van der Waals surface area (Å²) < 4.78 is 5.62. The van der Waals surface area contributed by atoms with Crippen LogP contribution >= 0.6 is 0 Å². The summed E-state index contributed by atoms with van der Waals surface area (Å²) in [5.74, 6) is 0.956. The molecule has 1 aromatic carbocycles. The lowest BCUT2D eigenvalue weighted by molar-refractivity contribution is 0.329. The van der Waals surface area contributed by atoms with Crippen molar-refractivity contribution in [1.82, 2.24) is 4.90 Å². The van der Waals surface area contributed by atoms with Crippen LogP contribution in [0, 0.1) is 0 Å². The van der Waals surface area contributed by atoms with Gasteiger partial charge in [0, 0.05) is 18.6 Å². The van der Waals surface area contributed by atoms with Crippen molar-refractivity contribution in [2.45, 2.75) is 32.4 Å². The zero-order chi connectivity index (χ0) is 12.3. The van der Waals surface area contributed by atoms with Crippen LogP contribution in [0.4, 0.5) is 5.69 Å². The van der Waals surface area contributed by atoms with Gasteiger partial charge in [-0.2, -0.15) is 0 Å². The van der Waals surface area contributed by atoms with Crippen LogP contribution in [0.3, 0.4) is 0 Å². The van der Waals surface area contributed by atoms with Crippen molar-refractivity contribution < 1.29 is 4.74 Å². The highest BCUT2D eigenvalue weighted by atomic mass is 16.5. The van der Waals surface area contributed by atoms with Gasteiger partial charge in [0.05, 0.1) is 12.3 Å². The average molecular weight is 234 g/mol. The van der Waals surface area contributed by atoms with Crippen LogP contribution in [-0.2, 0) is 0 Å². The Morgan fingerprint density at radius 3 is 2.82 bits per heavy atom. The predicted molar refractivity (Wildman–Crippen MR) is 71.7 cm³/mol. The number of rotatable bonds is 4. The molecular formula is C14H22N2O. The molecule has 0 radical (unpaired) electrons.